The fourth-order valence-corrected chi connectivity index (χ4v) is 4.00. The zero-order chi connectivity index (χ0) is 16.0. The molecule has 4 rings (SSSR count). The fourth-order valence-electron chi connectivity index (χ4n) is 4.00. The molecule has 1 aliphatic heterocycles. The molecule has 0 atom stereocenters. The predicted molar refractivity (Wildman–Crippen MR) is 81.8 cm³/mol. The summed E-state index contributed by atoms with van der Waals surface area (Å²) in [5, 5.41) is 11.4. The monoisotopic (exact) mass is 317 g/mol. The van der Waals surface area contributed by atoms with Gasteiger partial charge in [-0.3, -0.25) is 14.9 Å². The first-order valence-electron chi connectivity index (χ1n) is 8.33. The Bertz CT molecular complexity index is 672. The first-order valence-corrected chi connectivity index (χ1v) is 8.33. The van der Waals surface area contributed by atoms with Gasteiger partial charge in [0.05, 0.1) is 16.6 Å². The number of carbonyl (C=O) groups excluding carboxylic acids is 1. The van der Waals surface area contributed by atoms with Gasteiger partial charge in [-0.05, 0) is 25.7 Å². The van der Waals surface area contributed by atoms with Gasteiger partial charge in [-0.25, -0.2) is 0 Å². The van der Waals surface area contributed by atoms with E-state index >= 15 is 0 Å². The van der Waals surface area contributed by atoms with Crippen LogP contribution >= 0.6 is 0 Å². The number of hydrogen-bond donors (Lipinski definition) is 0. The number of fused-ring (bicyclic) bond motifs is 1. The van der Waals surface area contributed by atoms with Crippen molar-refractivity contribution < 1.29 is 19.2 Å². The molecule has 6 nitrogen and oxygen atoms in total. The van der Waals surface area contributed by atoms with Crippen LogP contribution in [-0.2, 0) is 0 Å². The molecule has 0 bridgehead atoms. The molecular formula is C17H19NO5. The van der Waals surface area contributed by atoms with Crippen molar-refractivity contribution >= 4 is 11.5 Å². The van der Waals surface area contributed by atoms with Crippen LogP contribution in [0.5, 0.6) is 11.5 Å². The number of hydrogen-bond acceptors (Lipinski definition) is 5. The van der Waals surface area contributed by atoms with Crippen LogP contribution in [0, 0.1) is 16.0 Å². The average Bonchev–Trinajstić information content (AvgIpc) is 3.25. The highest BCUT2D eigenvalue weighted by Gasteiger charge is 2.45. The van der Waals surface area contributed by atoms with E-state index < -0.39 is 10.7 Å². The lowest BCUT2D eigenvalue weighted by atomic mass is 9.95. The Kier molecular flexibility index (Phi) is 3.28. The molecule has 0 saturated heterocycles. The largest absolute Gasteiger partial charge is 0.448 e. The van der Waals surface area contributed by atoms with E-state index in [1.54, 1.807) is 0 Å². The maximum absolute atomic E-state index is 12.7. The van der Waals surface area contributed by atoms with Crippen molar-refractivity contribution in [1.29, 1.82) is 0 Å². The number of nitrogens with zero attached hydrogens (tertiary/aromatic N) is 1. The Morgan fingerprint density at radius 2 is 1.70 bits per heavy atom. The summed E-state index contributed by atoms with van der Waals surface area (Å²) < 4.78 is 11.8. The summed E-state index contributed by atoms with van der Waals surface area (Å²) in [7, 11) is 0. The maximum Gasteiger partial charge on any atom is 0.284 e. The summed E-state index contributed by atoms with van der Waals surface area (Å²) in [6.07, 6.45) is 7.25. The van der Waals surface area contributed by atoms with Crippen LogP contribution in [0.1, 0.15) is 61.7 Å². The molecule has 0 unspecified atom stereocenters. The standard InChI is InChI=1S/C17H19NO5/c19-16(11-5-1-2-6-11)12-9-14-15(10-13(12)18(20)21)23-17(22-14)7-3-4-8-17/h9-11H,1-8H2. The lowest BCUT2D eigenvalue weighted by Gasteiger charge is -2.21. The molecule has 2 aliphatic carbocycles. The molecule has 2 fully saturated rings. The Morgan fingerprint density at radius 3 is 2.30 bits per heavy atom. The van der Waals surface area contributed by atoms with Crippen LogP contribution in [0.2, 0.25) is 0 Å². The van der Waals surface area contributed by atoms with Crippen molar-refractivity contribution in [2.45, 2.75) is 57.2 Å². The zero-order valence-electron chi connectivity index (χ0n) is 12.9. The molecule has 1 aromatic rings. The van der Waals surface area contributed by atoms with Crippen LogP contribution in [-0.4, -0.2) is 16.5 Å². The lowest BCUT2D eigenvalue weighted by Crippen LogP contribution is -2.34. The number of nitro benzene ring substituents is 1. The van der Waals surface area contributed by atoms with Crippen LogP contribution < -0.4 is 9.47 Å². The number of benzene rings is 1. The summed E-state index contributed by atoms with van der Waals surface area (Å²) in [4.78, 5) is 23.6. The first kappa shape index (κ1) is 14.5. The average molecular weight is 317 g/mol. The molecule has 0 N–H and O–H groups in total. The molecule has 2 saturated carbocycles. The predicted octanol–water partition coefficient (Wildman–Crippen LogP) is 4.01. The molecule has 0 radical (unpaired) electrons. The molecule has 23 heavy (non-hydrogen) atoms. The Hall–Kier alpha value is -2.11. The number of rotatable bonds is 3. The number of ether oxygens (including phenoxy) is 2. The van der Waals surface area contributed by atoms with Crippen LogP contribution in [0.3, 0.4) is 0 Å². The summed E-state index contributed by atoms with van der Waals surface area (Å²) in [6.45, 7) is 0. The van der Waals surface area contributed by atoms with Crippen molar-refractivity contribution in [3.05, 3.63) is 27.8 Å². The summed E-state index contributed by atoms with van der Waals surface area (Å²) >= 11 is 0. The van der Waals surface area contributed by atoms with Crippen molar-refractivity contribution in [3.63, 3.8) is 0 Å². The third-order valence-electron chi connectivity index (χ3n) is 5.21. The van der Waals surface area contributed by atoms with E-state index in [-0.39, 0.29) is 23.0 Å². The third-order valence-corrected chi connectivity index (χ3v) is 5.21. The second-order valence-corrected chi connectivity index (χ2v) is 6.74. The van der Waals surface area contributed by atoms with Gasteiger partial charge in [-0.15, -0.1) is 0 Å². The van der Waals surface area contributed by atoms with Gasteiger partial charge in [-0.1, -0.05) is 12.8 Å². The highest BCUT2D eigenvalue weighted by Crippen LogP contribution is 2.49. The molecule has 0 amide bonds. The molecule has 3 aliphatic rings. The van der Waals surface area contributed by atoms with E-state index in [9.17, 15) is 14.9 Å². The molecule has 122 valence electrons. The maximum atomic E-state index is 12.7. The highest BCUT2D eigenvalue weighted by molar-refractivity contribution is 6.02. The molecule has 1 heterocycles. The Balaban J connectivity index is 1.72. The SMILES string of the molecule is O=C(c1cc2c(cc1[N+](=O)[O-])OC1(CCCC1)O2)C1CCCC1. The van der Waals surface area contributed by atoms with Crippen molar-refractivity contribution in [3.8, 4) is 11.5 Å². The van der Waals surface area contributed by atoms with Gasteiger partial charge in [0.15, 0.2) is 17.3 Å². The van der Waals surface area contributed by atoms with E-state index in [0.29, 0.717) is 11.5 Å². The number of nitro groups is 1. The van der Waals surface area contributed by atoms with Crippen LogP contribution in [0.15, 0.2) is 12.1 Å². The normalized spacial score (nSPS) is 21.9. The minimum absolute atomic E-state index is 0.102. The summed E-state index contributed by atoms with van der Waals surface area (Å²) in [5.41, 5.74) is -0.00130. The molecular weight excluding hydrogens is 298 g/mol. The number of ketones is 1. The van der Waals surface area contributed by atoms with E-state index in [4.69, 9.17) is 9.47 Å². The van der Waals surface area contributed by atoms with E-state index in [0.717, 1.165) is 51.4 Å². The minimum Gasteiger partial charge on any atom is -0.448 e. The van der Waals surface area contributed by atoms with Gasteiger partial charge >= 0.3 is 0 Å². The van der Waals surface area contributed by atoms with Crippen molar-refractivity contribution in [2.24, 2.45) is 5.92 Å². The quantitative estimate of drug-likeness (QED) is 0.478. The van der Waals surface area contributed by atoms with Gasteiger partial charge in [0, 0.05) is 24.8 Å². The van der Waals surface area contributed by atoms with Gasteiger partial charge in [0.1, 0.15) is 0 Å². The van der Waals surface area contributed by atoms with Gasteiger partial charge < -0.3 is 9.47 Å². The number of Topliss-reactive ketones (excluding diaryl/α,β-unsaturated/α-hetero) is 1. The topological polar surface area (TPSA) is 78.7 Å². The number of carbonyl (C=O) groups is 1. The second-order valence-electron chi connectivity index (χ2n) is 6.74. The molecule has 6 heteroatoms. The third kappa shape index (κ3) is 2.36. The fraction of sp³-hybridized carbons (Fsp3) is 0.588. The van der Waals surface area contributed by atoms with Crippen molar-refractivity contribution in [1.82, 2.24) is 0 Å². The molecule has 1 spiro atoms. The summed E-state index contributed by atoms with van der Waals surface area (Å²) in [5.74, 6) is -0.0477. The van der Waals surface area contributed by atoms with E-state index in [1.165, 1.54) is 12.1 Å². The van der Waals surface area contributed by atoms with Gasteiger partial charge in [0.2, 0.25) is 0 Å². The van der Waals surface area contributed by atoms with Crippen molar-refractivity contribution in [2.75, 3.05) is 0 Å². The Morgan fingerprint density at radius 1 is 1.09 bits per heavy atom. The smallest absolute Gasteiger partial charge is 0.284 e. The van der Waals surface area contributed by atoms with Gasteiger partial charge in [0.25, 0.3) is 11.5 Å². The second kappa shape index (κ2) is 5.22. The van der Waals surface area contributed by atoms with E-state index in [1.807, 2.05) is 0 Å². The Labute approximate surface area is 133 Å². The van der Waals surface area contributed by atoms with E-state index in [2.05, 4.69) is 0 Å². The minimum atomic E-state index is -0.675. The van der Waals surface area contributed by atoms with Gasteiger partial charge in [-0.2, -0.15) is 0 Å². The highest BCUT2D eigenvalue weighted by atomic mass is 16.7. The lowest BCUT2D eigenvalue weighted by molar-refractivity contribution is -0.385. The van der Waals surface area contributed by atoms with Crippen LogP contribution in [0.25, 0.3) is 0 Å². The van der Waals surface area contributed by atoms with Crippen LogP contribution in [0.4, 0.5) is 5.69 Å². The molecule has 1 aromatic carbocycles. The molecule has 0 aromatic heterocycles. The summed E-state index contributed by atoms with van der Waals surface area (Å²) in [6, 6.07) is 2.89. The first-order chi connectivity index (χ1) is 11.1. The zero-order valence-corrected chi connectivity index (χ0v) is 12.9.